The fourth-order valence-corrected chi connectivity index (χ4v) is 4.71. The summed E-state index contributed by atoms with van der Waals surface area (Å²) in [5.41, 5.74) is -0.174. The second kappa shape index (κ2) is 4.63. The molecule has 1 heterocycles. The van der Waals surface area contributed by atoms with Crippen LogP contribution in [0.5, 0.6) is 0 Å². The van der Waals surface area contributed by atoms with E-state index in [2.05, 4.69) is 10.0 Å². The Kier molecular flexibility index (Phi) is 3.56. The van der Waals surface area contributed by atoms with Crippen LogP contribution in [-0.2, 0) is 10.0 Å². The number of hydrogen-bond donors (Lipinski definition) is 2. The van der Waals surface area contributed by atoms with Crippen LogP contribution < -0.4 is 10.0 Å². The predicted octanol–water partition coefficient (Wildman–Crippen LogP) is 0.990. The predicted molar refractivity (Wildman–Crippen MR) is 64.8 cm³/mol. The van der Waals surface area contributed by atoms with Gasteiger partial charge in [0.1, 0.15) is 0 Å². The highest BCUT2D eigenvalue weighted by molar-refractivity contribution is 7.89. The highest BCUT2D eigenvalue weighted by atomic mass is 32.2. The topological polar surface area (TPSA) is 58.2 Å². The van der Waals surface area contributed by atoms with E-state index >= 15 is 0 Å². The maximum atomic E-state index is 11.9. The lowest BCUT2D eigenvalue weighted by atomic mass is 9.79. The minimum Gasteiger partial charge on any atom is -0.312 e. The summed E-state index contributed by atoms with van der Waals surface area (Å²) in [7, 11) is -3.08. The van der Waals surface area contributed by atoms with Gasteiger partial charge >= 0.3 is 0 Å². The maximum absolute atomic E-state index is 11.9. The average Bonchev–Trinajstić information content (AvgIpc) is 2.59. The molecule has 5 heteroatoms. The first-order chi connectivity index (χ1) is 7.58. The van der Waals surface area contributed by atoms with Crippen LogP contribution >= 0.6 is 0 Å². The first kappa shape index (κ1) is 12.3. The Morgan fingerprint density at radius 1 is 1.38 bits per heavy atom. The minimum atomic E-state index is -3.08. The lowest BCUT2D eigenvalue weighted by Gasteiger charge is -2.39. The Morgan fingerprint density at radius 3 is 2.94 bits per heavy atom. The number of rotatable bonds is 4. The molecule has 2 unspecified atom stereocenters. The van der Waals surface area contributed by atoms with E-state index in [1.165, 1.54) is 6.42 Å². The molecule has 0 aromatic heterocycles. The van der Waals surface area contributed by atoms with Crippen molar-refractivity contribution >= 4 is 10.0 Å². The summed E-state index contributed by atoms with van der Waals surface area (Å²) in [6.07, 6.45) is 6.09. The van der Waals surface area contributed by atoms with Crippen LogP contribution in [0.4, 0.5) is 0 Å². The van der Waals surface area contributed by atoms with E-state index in [9.17, 15) is 8.42 Å². The van der Waals surface area contributed by atoms with Gasteiger partial charge in [-0.25, -0.2) is 13.1 Å². The standard InChI is InChI=1S/C11H22N2O2S/c1-2-9-16(14,15)13-11-6-4-3-5-10(11)12-8-7-11/h10,12-13H,2-9H2,1H3. The second-order valence-corrected chi connectivity index (χ2v) is 6.92. The van der Waals surface area contributed by atoms with Crippen molar-refractivity contribution in [3.63, 3.8) is 0 Å². The summed E-state index contributed by atoms with van der Waals surface area (Å²) in [4.78, 5) is 0. The Hall–Kier alpha value is -0.130. The molecular weight excluding hydrogens is 224 g/mol. The average molecular weight is 246 g/mol. The fourth-order valence-electron chi connectivity index (χ4n) is 3.11. The zero-order valence-electron chi connectivity index (χ0n) is 9.96. The zero-order valence-corrected chi connectivity index (χ0v) is 10.8. The van der Waals surface area contributed by atoms with Gasteiger partial charge in [-0.1, -0.05) is 19.8 Å². The zero-order chi connectivity index (χ0) is 11.6. The van der Waals surface area contributed by atoms with Crippen molar-refractivity contribution in [2.75, 3.05) is 12.3 Å². The second-order valence-electron chi connectivity index (χ2n) is 5.08. The highest BCUT2D eigenvalue weighted by Gasteiger charge is 2.46. The number of fused-ring (bicyclic) bond motifs is 1. The molecular formula is C11H22N2O2S. The van der Waals surface area contributed by atoms with E-state index in [1.54, 1.807) is 0 Å². The molecule has 2 fully saturated rings. The lowest BCUT2D eigenvalue weighted by Crippen LogP contribution is -2.57. The fraction of sp³-hybridized carbons (Fsp3) is 1.00. The van der Waals surface area contributed by atoms with Crippen molar-refractivity contribution in [1.82, 2.24) is 10.0 Å². The number of sulfonamides is 1. The van der Waals surface area contributed by atoms with Gasteiger partial charge in [0.2, 0.25) is 10.0 Å². The molecule has 1 aliphatic carbocycles. The van der Waals surface area contributed by atoms with Gasteiger partial charge in [0.15, 0.2) is 0 Å². The molecule has 2 aliphatic rings. The van der Waals surface area contributed by atoms with Crippen LogP contribution in [0.15, 0.2) is 0 Å². The maximum Gasteiger partial charge on any atom is 0.212 e. The molecule has 0 spiro atoms. The van der Waals surface area contributed by atoms with E-state index in [4.69, 9.17) is 0 Å². The van der Waals surface area contributed by atoms with Crippen molar-refractivity contribution in [3.05, 3.63) is 0 Å². The molecule has 0 radical (unpaired) electrons. The van der Waals surface area contributed by atoms with Gasteiger partial charge in [0.25, 0.3) is 0 Å². The Balaban J connectivity index is 2.11. The summed E-state index contributed by atoms with van der Waals surface area (Å²) in [5.74, 6) is 0.251. The van der Waals surface area contributed by atoms with Gasteiger partial charge in [-0.05, 0) is 32.2 Å². The van der Waals surface area contributed by atoms with E-state index in [0.29, 0.717) is 12.5 Å². The Morgan fingerprint density at radius 2 is 2.19 bits per heavy atom. The molecule has 0 aromatic carbocycles. The molecule has 0 amide bonds. The van der Waals surface area contributed by atoms with Gasteiger partial charge < -0.3 is 5.32 Å². The quantitative estimate of drug-likeness (QED) is 0.778. The van der Waals surface area contributed by atoms with Crippen molar-refractivity contribution in [3.8, 4) is 0 Å². The molecule has 16 heavy (non-hydrogen) atoms. The van der Waals surface area contributed by atoms with Gasteiger partial charge in [0.05, 0.1) is 5.75 Å². The summed E-state index contributed by atoms with van der Waals surface area (Å²) >= 11 is 0. The molecule has 2 rings (SSSR count). The van der Waals surface area contributed by atoms with E-state index in [1.807, 2.05) is 6.92 Å². The summed E-state index contributed by atoms with van der Waals surface area (Å²) in [5, 5.41) is 3.44. The molecule has 1 aliphatic heterocycles. The molecule has 0 bridgehead atoms. The van der Waals surface area contributed by atoms with E-state index in [0.717, 1.165) is 32.2 Å². The summed E-state index contributed by atoms with van der Waals surface area (Å²) < 4.78 is 26.8. The van der Waals surface area contributed by atoms with Crippen LogP contribution in [0.3, 0.4) is 0 Å². The van der Waals surface area contributed by atoms with E-state index in [-0.39, 0.29) is 11.3 Å². The lowest BCUT2D eigenvalue weighted by molar-refractivity contribution is 0.247. The normalized spacial score (nSPS) is 34.9. The highest BCUT2D eigenvalue weighted by Crippen LogP contribution is 2.35. The largest absolute Gasteiger partial charge is 0.312 e. The van der Waals surface area contributed by atoms with Crippen molar-refractivity contribution in [2.45, 2.75) is 57.0 Å². The van der Waals surface area contributed by atoms with Crippen LogP contribution in [0.25, 0.3) is 0 Å². The molecule has 1 saturated heterocycles. The SMILES string of the molecule is CCCS(=O)(=O)NC12CCCCC1NCC2. The van der Waals surface area contributed by atoms with Crippen LogP contribution in [0.2, 0.25) is 0 Å². The summed E-state index contributed by atoms with van der Waals surface area (Å²) in [6, 6.07) is 0.355. The van der Waals surface area contributed by atoms with Gasteiger partial charge in [0, 0.05) is 11.6 Å². The van der Waals surface area contributed by atoms with Gasteiger partial charge in [-0.15, -0.1) is 0 Å². The molecule has 1 saturated carbocycles. The Labute approximate surface area is 98.2 Å². The van der Waals surface area contributed by atoms with Gasteiger partial charge in [-0.2, -0.15) is 0 Å². The smallest absolute Gasteiger partial charge is 0.212 e. The van der Waals surface area contributed by atoms with E-state index < -0.39 is 10.0 Å². The minimum absolute atomic E-state index is 0.174. The molecule has 94 valence electrons. The third-order valence-corrected chi connectivity index (χ3v) is 5.49. The monoisotopic (exact) mass is 246 g/mol. The van der Waals surface area contributed by atoms with Crippen LogP contribution in [-0.4, -0.2) is 32.3 Å². The summed E-state index contributed by atoms with van der Waals surface area (Å²) in [6.45, 7) is 2.85. The number of nitrogens with one attached hydrogen (secondary N) is 2. The third-order valence-electron chi connectivity index (χ3n) is 3.83. The van der Waals surface area contributed by atoms with Crippen LogP contribution in [0, 0.1) is 0 Å². The van der Waals surface area contributed by atoms with Crippen molar-refractivity contribution in [2.24, 2.45) is 0 Å². The number of hydrogen-bond acceptors (Lipinski definition) is 3. The van der Waals surface area contributed by atoms with Gasteiger partial charge in [-0.3, -0.25) is 0 Å². The molecule has 4 nitrogen and oxygen atoms in total. The first-order valence-corrected chi connectivity index (χ1v) is 7.98. The van der Waals surface area contributed by atoms with Crippen molar-refractivity contribution in [1.29, 1.82) is 0 Å². The molecule has 2 N–H and O–H groups in total. The van der Waals surface area contributed by atoms with Crippen LogP contribution in [0.1, 0.15) is 45.4 Å². The molecule has 0 aromatic rings. The molecule has 2 atom stereocenters. The first-order valence-electron chi connectivity index (χ1n) is 6.33. The van der Waals surface area contributed by atoms with Crippen molar-refractivity contribution < 1.29 is 8.42 Å². The Bertz CT molecular complexity index is 342. The third kappa shape index (κ3) is 2.41.